The van der Waals surface area contributed by atoms with E-state index in [2.05, 4.69) is 25.5 Å². The number of amides is 2. The minimum atomic E-state index is -0.345. The van der Waals surface area contributed by atoms with Gasteiger partial charge in [0, 0.05) is 31.4 Å². The number of piperazine rings is 1. The Kier molecular flexibility index (Phi) is 5.01. The average molecular weight is 399 g/mol. The van der Waals surface area contributed by atoms with Gasteiger partial charge >= 0.3 is 6.03 Å². The van der Waals surface area contributed by atoms with Gasteiger partial charge in [0.25, 0.3) is 0 Å². The predicted octanol–water partition coefficient (Wildman–Crippen LogP) is 2.53. The number of hydrogen-bond acceptors (Lipinski definition) is 6. The second-order valence-electron chi connectivity index (χ2n) is 7.12. The Balaban J connectivity index is 1.47. The molecule has 1 aliphatic heterocycles. The molecule has 0 saturated carbocycles. The van der Waals surface area contributed by atoms with E-state index in [0.29, 0.717) is 42.9 Å². The van der Waals surface area contributed by atoms with Crippen LogP contribution in [0.25, 0.3) is 5.69 Å². The Bertz CT molecular complexity index is 1030. The van der Waals surface area contributed by atoms with Crippen LogP contribution in [0, 0.1) is 19.7 Å². The van der Waals surface area contributed by atoms with E-state index >= 15 is 0 Å². The molecule has 0 bridgehead atoms. The molecule has 29 heavy (non-hydrogen) atoms. The highest BCUT2D eigenvalue weighted by Gasteiger charge is 2.32. The second-order valence-corrected chi connectivity index (χ2v) is 7.12. The van der Waals surface area contributed by atoms with Crippen LogP contribution >= 0.6 is 0 Å². The molecule has 1 fully saturated rings. The number of urea groups is 1. The minimum Gasteiger partial charge on any atom is -0.338 e. The molecule has 1 aromatic carbocycles. The van der Waals surface area contributed by atoms with Crippen molar-refractivity contribution in [2.24, 2.45) is 0 Å². The summed E-state index contributed by atoms with van der Waals surface area (Å²) >= 11 is 0. The molecule has 9 nitrogen and oxygen atoms in total. The van der Waals surface area contributed by atoms with Crippen molar-refractivity contribution in [3.05, 3.63) is 53.6 Å². The summed E-state index contributed by atoms with van der Waals surface area (Å²) in [6, 6.07) is 7.46. The van der Waals surface area contributed by atoms with Crippen molar-refractivity contribution in [1.29, 1.82) is 0 Å². The number of aryl methyl sites for hydroxylation is 2. The van der Waals surface area contributed by atoms with E-state index in [0.717, 1.165) is 5.69 Å². The maximum absolute atomic E-state index is 13.5. The Morgan fingerprint density at radius 2 is 2.10 bits per heavy atom. The Labute approximate surface area is 167 Å². The lowest BCUT2D eigenvalue weighted by Gasteiger charge is -2.37. The monoisotopic (exact) mass is 399 g/mol. The summed E-state index contributed by atoms with van der Waals surface area (Å²) in [6.07, 6.45) is 0. The summed E-state index contributed by atoms with van der Waals surface area (Å²) in [5.74, 6) is 1.12. The molecule has 1 saturated heterocycles. The second kappa shape index (κ2) is 7.63. The molecule has 0 aliphatic carbocycles. The zero-order valence-electron chi connectivity index (χ0n) is 16.5. The standard InChI is InChI=1S/C19H22FN7O2/c1-12-9-17(23-27(12)15-6-4-5-14(20)10-15)22-19(28)26-8-7-25(3)16(11-26)18-21-13(2)24-29-18/h4-6,9-10,16H,7-8,11H2,1-3H3,(H,22,23,28). The quantitative estimate of drug-likeness (QED) is 0.728. The van der Waals surface area contributed by atoms with E-state index in [4.69, 9.17) is 4.52 Å². The normalized spacial score (nSPS) is 17.5. The lowest BCUT2D eigenvalue weighted by atomic mass is 10.2. The molecule has 0 spiro atoms. The summed E-state index contributed by atoms with van der Waals surface area (Å²) in [5.41, 5.74) is 1.37. The van der Waals surface area contributed by atoms with Gasteiger partial charge in [0.05, 0.1) is 5.69 Å². The van der Waals surface area contributed by atoms with E-state index in [1.165, 1.54) is 12.1 Å². The summed E-state index contributed by atoms with van der Waals surface area (Å²) < 4.78 is 20.4. The van der Waals surface area contributed by atoms with Gasteiger partial charge in [0.2, 0.25) is 5.89 Å². The number of hydrogen-bond donors (Lipinski definition) is 1. The molecule has 2 amide bonds. The summed E-state index contributed by atoms with van der Waals surface area (Å²) in [4.78, 5) is 20.9. The van der Waals surface area contributed by atoms with Crippen LogP contribution in [0.1, 0.15) is 23.5 Å². The smallest absolute Gasteiger partial charge is 0.323 e. The zero-order chi connectivity index (χ0) is 20.5. The number of halogens is 1. The first-order valence-corrected chi connectivity index (χ1v) is 9.29. The molecule has 10 heteroatoms. The number of carbonyl (C=O) groups is 1. The van der Waals surface area contributed by atoms with Gasteiger partial charge in [-0.2, -0.15) is 4.98 Å². The van der Waals surface area contributed by atoms with Crippen LogP contribution in [-0.2, 0) is 0 Å². The lowest BCUT2D eigenvalue weighted by Crippen LogP contribution is -2.50. The van der Waals surface area contributed by atoms with E-state index in [-0.39, 0.29) is 17.9 Å². The van der Waals surface area contributed by atoms with Gasteiger partial charge in [0.15, 0.2) is 11.6 Å². The number of aromatic nitrogens is 4. The molecule has 1 atom stereocenters. The summed E-state index contributed by atoms with van der Waals surface area (Å²) in [6.45, 7) is 5.27. The maximum atomic E-state index is 13.5. The van der Waals surface area contributed by atoms with Crippen molar-refractivity contribution >= 4 is 11.8 Å². The van der Waals surface area contributed by atoms with Gasteiger partial charge < -0.3 is 9.42 Å². The number of benzene rings is 1. The molecule has 3 aromatic rings. The number of likely N-dealkylation sites (N-methyl/N-ethyl adjacent to an activating group) is 1. The van der Waals surface area contributed by atoms with Crippen molar-refractivity contribution in [3.63, 3.8) is 0 Å². The number of anilines is 1. The first kappa shape index (κ1) is 19.1. The van der Waals surface area contributed by atoms with Gasteiger partial charge in [-0.15, -0.1) is 5.10 Å². The molecule has 1 unspecified atom stereocenters. The van der Waals surface area contributed by atoms with E-state index in [1.807, 2.05) is 14.0 Å². The fourth-order valence-electron chi connectivity index (χ4n) is 3.37. The predicted molar refractivity (Wildman–Crippen MR) is 103 cm³/mol. The molecule has 1 aliphatic rings. The molecular formula is C19H22FN7O2. The van der Waals surface area contributed by atoms with Crippen molar-refractivity contribution in [1.82, 2.24) is 29.7 Å². The molecule has 4 rings (SSSR count). The third kappa shape index (κ3) is 3.97. The number of carbonyl (C=O) groups excluding carboxylic acids is 1. The third-order valence-electron chi connectivity index (χ3n) is 4.94. The lowest BCUT2D eigenvalue weighted by molar-refractivity contribution is 0.0960. The van der Waals surface area contributed by atoms with Crippen molar-refractivity contribution in [2.75, 3.05) is 32.0 Å². The highest BCUT2D eigenvalue weighted by Crippen LogP contribution is 2.23. The first-order chi connectivity index (χ1) is 13.9. The summed E-state index contributed by atoms with van der Waals surface area (Å²) in [7, 11) is 1.96. The Morgan fingerprint density at radius 3 is 2.83 bits per heavy atom. The molecule has 2 aromatic heterocycles. The number of rotatable bonds is 3. The van der Waals surface area contributed by atoms with Crippen LogP contribution in [0.3, 0.4) is 0 Å². The van der Waals surface area contributed by atoms with Crippen LogP contribution in [-0.4, -0.2) is 62.4 Å². The molecule has 3 heterocycles. The Morgan fingerprint density at radius 1 is 1.28 bits per heavy atom. The molecular weight excluding hydrogens is 377 g/mol. The Hall–Kier alpha value is -3.27. The van der Waals surface area contributed by atoms with Crippen LogP contribution in [0.5, 0.6) is 0 Å². The highest BCUT2D eigenvalue weighted by atomic mass is 19.1. The van der Waals surface area contributed by atoms with Gasteiger partial charge in [-0.25, -0.2) is 13.9 Å². The molecule has 152 valence electrons. The van der Waals surface area contributed by atoms with E-state index in [1.54, 1.807) is 34.7 Å². The van der Waals surface area contributed by atoms with Crippen LogP contribution in [0.15, 0.2) is 34.9 Å². The van der Waals surface area contributed by atoms with Gasteiger partial charge in [-0.1, -0.05) is 11.2 Å². The number of nitrogens with one attached hydrogen (secondary N) is 1. The highest BCUT2D eigenvalue weighted by molar-refractivity contribution is 5.88. The fraction of sp³-hybridized carbons (Fsp3) is 0.368. The fourth-order valence-corrected chi connectivity index (χ4v) is 3.37. The maximum Gasteiger partial charge on any atom is 0.323 e. The van der Waals surface area contributed by atoms with E-state index < -0.39 is 0 Å². The molecule has 1 N–H and O–H groups in total. The largest absolute Gasteiger partial charge is 0.338 e. The van der Waals surface area contributed by atoms with Crippen LogP contribution in [0.4, 0.5) is 15.0 Å². The van der Waals surface area contributed by atoms with Gasteiger partial charge in [-0.3, -0.25) is 10.2 Å². The minimum absolute atomic E-state index is 0.165. The van der Waals surface area contributed by atoms with E-state index in [9.17, 15) is 9.18 Å². The van der Waals surface area contributed by atoms with Gasteiger partial charge in [0.1, 0.15) is 11.9 Å². The molecule has 0 radical (unpaired) electrons. The SMILES string of the molecule is Cc1noc(C2CN(C(=O)Nc3cc(C)n(-c4cccc(F)c4)n3)CCN2C)n1. The van der Waals surface area contributed by atoms with Crippen LogP contribution < -0.4 is 5.32 Å². The topological polar surface area (TPSA) is 92.3 Å². The van der Waals surface area contributed by atoms with Crippen molar-refractivity contribution in [3.8, 4) is 5.69 Å². The van der Waals surface area contributed by atoms with Crippen molar-refractivity contribution < 1.29 is 13.7 Å². The van der Waals surface area contributed by atoms with Gasteiger partial charge in [-0.05, 0) is 39.1 Å². The first-order valence-electron chi connectivity index (χ1n) is 9.29. The average Bonchev–Trinajstić information content (AvgIpc) is 3.27. The third-order valence-corrected chi connectivity index (χ3v) is 4.94. The zero-order valence-corrected chi connectivity index (χ0v) is 16.5. The van der Waals surface area contributed by atoms with Crippen molar-refractivity contribution in [2.45, 2.75) is 19.9 Å². The summed E-state index contributed by atoms with van der Waals surface area (Å²) in [5, 5.41) is 11.1. The van der Waals surface area contributed by atoms with Crippen LogP contribution in [0.2, 0.25) is 0 Å². The number of nitrogens with zero attached hydrogens (tertiary/aromatic N) is 6.